The molecule has 0 amide bonds. The molecule has 1 aromatic rings. The Morgan fingerprint density at radius 2 is 2.20 bits per heavy atom. The van der Waals surface area contributed by atoms with Crippen LogP contribution in [0.5, 0.6) is 0 Å². The van der Waals surface area contributed by atoms with Crippen LogP contribution in [0.15, 0.2) is 15.8 Å². The summed E-state index contributed by atoms with van der Waals surface area (Å²) in [5, 5.41) is -0.0982. The lowest BCUT2D eigenvalue weighted by molar-refractivity contribution is -0.119. The van der Waals surface area contributed by atoms with Crippen LogP contribution < -0.4 is 11.2 Å². The molecular weight excluding hydrogens is 220 g/mol. The largest absolute Gasteiger partial charge is 0.328 e. The van der Waals surface area contributed by atoms with Gasteiger partial charge < -0.3 is 0 Å². The Hall–Kier alpha value is -1.36. The smallest absolute Gasteiger partial charge is 0.298 e. The van der Waals surface area contributed by atoms with Crippen molar-refractivity contribution in [3.63, 3.8) is 0 Å². The van der Waals surface area contributed by atoms with Gasteiger partial charge in [0.1, 0.15) is 5.02 Å². The Balaban J connectivity index is 2.96. The van der Waals surface area contributed by atoms with Gasteiger partial charge in [0.15, 0.2) is 5.78 Å². The van der Waals surface area contributed by atoms with Crippen molar-refractivity contribution in [3.05, 3.63) is 32.1 Å². The number of nitrogens with zero attached hydrogens (tertiary/aromatic N) is 1. The number of Topliss-reactive ketones (excluding diaryl/α,β-unsaturated/α-hetero) is 1. The van der Waals surface area contributed by atoms with E-state index in [1.807, 2.05) is 11.9 Å². The van der Waals surface area contributed by atoms with E-state index in [-0.39, 0.29) is 17.4 Å². The molecule has 5 nitrogen and oxygen atoms in total. The van der Waals surface area contributed by atoms with Crippen molar-refractivity contribution in [2.75, 3.05) is 0 Å². The fourth-order valence-electron chi connectivity index (χ4n) is 1.15. The van der Waals surface area contributed by atoms with Gasteiger partial charge in [0, 0.05) is 12.6 Å². The lowest BCUT2D eigenvalue weighted by Crippen LogP contribution is -2.31. The number of ketones is 1. The van der Waals surface area contributed by atoms with Gasteiger partial charge in [0.25, 0.3) is 5.56 Å². The lowest BCUT2D eigenvalue weighted by Gasteiger charge is -2.03. The van der Waals surface area contributed by atoms with E-state index in [0.29, 0.717) is 6.42 Å². The number of hydrogen-bond acceptors (Lipinski definition) is 3. The molecule has 15 heavy (non-hydrogen) atoms. The molecule has 1 N–H and O–H groups in total. The minimum Gasteiger partial charge on any atom is -0.298 e. The minimum atomic E-state index is -0.638. The number of hydrogen-bond donors (Lipinski definition) is 1. The van der Waals surface area contributed by atoms with Gasteiger partial charge in [-0.3, -0.25) is 19.1 Å². The molecule has 0 radical (unpaired) electrons. The Kier molecular flexibility index (Phi) is 3.85. The van der Waals surface area contributed by atoms with Crippen LogP contribution >= 0.6 is 11.6 Å². The van der Waals surface area contributed by atoms with Crippen LogP contribution in [-0.2, 0) is 11.3 Å². The van der Waals surface area contributed by atoms with Crippen LogP contribution in [0.3, 0.4) is 0 Å². The second-order valence-electron chi connectivity index (χ2n) is 3.15. The fraction of sp³-hybridized carbons (Fsp3) is 0.444. The summed E-state index contributed by atoms with van der Waals surface area (Å²) in [6.45, 7) is 1.82. The van der Waals surface area contributed by atoms with Crippen LogP contribution in [0.4, 0.5) is 0 Å². The van der Waals surface area contributed by atoms with Crippen LogP contribution in [0.2, 0.25) is 5.02 Å². The number of aromatic amines is 1. The maximum absolute atomic E-state index is 11.3. The molecule has 6 heteroatoms. The van der Waals surface area contributed by atoms with Crippen molar-refractivity contribution >= 4 is 17.4 Å². The summed E-state index contributed by atoms with van der Waals surface area (Å²) in [5.74, 6) is -0.0669. The number of carbonyl (C=O) groups excluding carboxylic acids is 1. The summed E-state index contributed by atoms with van der Waals surface area (Å²) < 4.78 is 1.10. The first-order valence-corrected chi connectivity index (χ1v) is 4.93. The van der Waals surface area contributed by atoms with E-state index in [1.54, 1.807) is 0 Å². The van der Waals surface area contributed by atoms with E-state index < -0.39 is 11.2 Å². The highest BCUT2D eigenvalue weighted by atomic mass is 35.5. The fourth-order valence-corrected chi connectivity index (χ4v) is 1.31. The molecule has 0 aliphatic rings. The highest BCUT2D eigenvalue weighted by Gasteiger charge is 2.06. The average molecular weight is 231 g/mol. The van der Waals surface area contributed by atoms with Crippen molar-refractivity contribution < 1.29 is 4.79 Å². The maximum atomic E-state index is 11.3. The SMILES string of the molecule is CCCC(=O)Cn1cc(Cl)c(=O)[nH]c1=O. The van der Waals surface area contributed by atoms with E-state index in [4.69, 9.17) is 11.6 Å². The molecule has 82 valence electrons. The third-order valence-corrected chi connectivity index (χ3v) is 2.11. The van der Waals surface area contributed by atoms with E-state index in [2.05, 4.69) is 0 Å². The van der Waals surface area contributed by atoms with Crippen molar-refractivity contribution in [3.8, 4) is 0 Å². The van der Waals surface area contributed by atoms with Gasteiger partial charge in [-0.25, -0.2) is 4.79 Å². The third kappa shape index (κ3) is 3.06. The van der Waals surface area contributed by atoms with E-state index >= 15 is 0 Å². The molecule has 0 atom stereocenters. The highest BCUT2D eigenvalue weighted by molar-refractivity contribution is 6.30. The van der Waals surface area contributed by atoms with Crippen molar-refractivity contribution in [1.82, 2.24) is 9.55 Å². The molecule has 0 spiro atoms. The normalized spacial score (nSPS) is 10.3. The predicted molar refractivity (Wildman–Crippen MR) is 56.2 cm³/mol. The number of nitrogens with one attached hydrogen (secondary N) is 1. The Bertz CT molecular complexity index is 475. The second-order valence-corrected chi connectivity index (χ2v) is 3.56. The molecule has 1 heterocycles. The zero-order chi connectivity index (χ0) is 11.4. The molecule has 0 saturated carbocycles. The van der Waals surface area contributed by atoms with Gasteiger partial charge in [0.2, 0.25) is 0 Å². The molecule has 0 fully saturated rings. The standard InChI is InChI=1S/C9H11ClN2O3/c1-2-3-6(13)4-12-5-7(10)8(14)11-9(12)15/h5H,2-4H2,1H3,(H,11,14,15). The highest BCUT2D eigenvalue weighted by Crippen LogP contribution is 1.97. The molecular formula is C9H11ClN2O3. The van der Waals surface area contributed by atoms with E-state index in [9.17, 15) is 14.4 Å². The number of halogens is 1. The van der Waals surface area contributed by atoms with Gasteiger partial charge in [0.05, 0.1) is 6.54 Å². The minimum absolute atomic E-state index is 0.0524. The number of rotatable bonds is 4. The number of H-pyrrole nitrogens is 1. The van der Waals surface area contributed by atoms with Gasteiger partial charge in [-0.2, -0.15) is 0 Å². The van der Waals surface area contributed by atoms with Crippen molar-refractivity contribution in [1.29, 1.82) is 0 Å². The predicted octanol–water partition coefficient (Wildman–Crippen LogP) is 0.559. The molecule has 1 rings (SSSR count). The first kappa shape index (κ1) is 11.7. The van der Waals surface area contributed by atoms with Gasteiger partial charge in [-0.05, 0) is 6.42 Å². The van der Waals surface area contributed by atoms with Gasteiger partial charge in [-0.1, -0.05) is 18.5 Å². The zero-order valence-electron chi connectivity index (χ0n) is 8.25. The van der Waals surface area contributed by atoms with Gasteiger partial charge >= 0.3 is 5.69 Å². The molecule has 0 aliphatic heterocycles. The van der Waals surface area contributed by atoms with Crippen molar-refractivity contribution in [2.45, 2.75) is 26.3 Å². The molecule has 0 aromatic carbocycles. The Labute approximate surface area is 90.7 Å². The number of carbonyl (C=O) groups is 1. The summed E-state index contributed by atoms with van der Waals surface area (Å²) in [6, 6.07) is 0. The first-order valence-electron chi connectivity index (χ1n) is 4.55. The Morgan fingerprint density at radius 3 is 2.80 bits per heavy atom. The number of aromatic nitrogens is 2. The topological polar surface area (TPSA) is 71.9 Å². The van der Waals surface area contributed by atoms with E-state index in [1.165, 1.54) is 6.20 Å². The maximum Gasteiger partial charge on any atom is 0.328 e. The van der Waals surface area contributed by atoms with E-state index in [0.717, 1.165) is 11.0 Å². The Morgan fingerprint density at radius 1 is 1.53 bits per heavy atom. The quantitative estimate of drug-likeness (QED) is 0.822. The summed E-state index contributed by atoms with van der Waals surface area (Å²) in [7, 11) is 0. The molecule has 0 aliphatic carbocycles. The van der Waals surface area contributed by atoms with Crippen LogP contribution in [0.1, 0.15) is 19.8 Å². The van der Waals surface area contributed by atoms with Crippen molar-refractivity contribution in [2.24, 2.45) is 0 Å². The molecule has 1 aromatic heterocycles. The third-order valence-electron chi connectivity index (χ3n) is 1.84. The summed E-state index contributed by atoms with van der Waals surface area (Å²) in [4.78, 5) is 35.4. The van der Waals surface area contributed by atoms with Crippen LogP contribution in [0.25, 0.3) is 0 Å². The second kappa shape index (κ2) is 4.93. The molecule has 0 saturated heterocycles. The molecule has 0 unspecified atom stereocenters. The monoisotopic (exact) mass is 230 g/mol. The summed E-state index contributed by atoms with van der Waals surface area (Å²) >= 11 is 5.53. The zero-order valence-corrected chi connectivity index (χ0v) is 9.00. The molecule has 0 bridgehead atoms. The summed E-state index contributed by atoms with van der Waals surface area (Å²) in [6.07, 6.45) is 2.31. The van der Waals surface area contributed by atoms with Gasteiger partial charge in [-0.15, -0.1) is 0 Å². The lowest BCUT2D eigenvalue weighted by atomic mass is 10.2. The van der Waals surface area contributed by atoms with Crippen LogP contribution in [0, 0.1) is 0 Å². The average Bonchev–Trinajstić information content (AvgIpc) is 2.14. The summed E-state index contributed by atoms with van der Waals surface area (Å²) in [5.41, 5.74) is -1.25. The first-order chi connectivity index (χ1) is 7.04. The van der Waals surface area contributed by atoms with Crippen LogP contribution in [-0.4, -0.2) is 15.3 Å².